The lowest BCUT2D eigenvalue weighted by atomic mass is 10.0. The number of H-pyrrole nitrogens is 1. The van der Waals surface area contributed by atoms with E-state index in [4.69, 9.17) is 9.15 Å². The molecule has 29 heavy (non-hydrogen) atoms. The van der Waals surface area contributed by atoms with Gasteiger partial charge in [-0.2, -0.15) is 0 Å². The molecule has 0 amide bonds. The van der Waals surface area contributed by atoms with Crippen LogP contribution in [0.2, 0.25) is 0 Å². The van der Waals surface area contributed by atoms with Crippen molar-refractivity contribution in [3.05, 3.63) is 64.6 Å². The summed E-state index contributed by atoms with van der Waals surface area (Å²) in [6.07, 6.45) is 3.65. The Labute approximate surface area is 169 Å². The van der Waals surface area contributed by atoms with Crippen LogP contribution >= 0.6 is 0 Å². The molecule has 2 aliphatic rings. The van der Waals surface area contributed by atoms with Crippen molar-refractivity contribution in [1.29, 1.82) is 0 Å². The Hall–Kier alpha value is -2.57. The highest BCUT2D eigenvalue weighted by Gasteiger charge is 2.39. The molecule has 2 atom stereocenters. The largest absolute Gasteiger partial charge is 0.492 e. The van der Waals surface area contributed by atoms with Crippen LogP contribution in [0.4, 0.5) is 0 Å². The van der Waals surface area contributed by atoms with E-state index in [0.717, 1.165) is 25.4 Å². The number of likely N-dealkylation sites (tertiary alicyclic amines) is 1. The van der Waals surface area contributed by atoms with Gasteiger partial charge in [-0.3, -0.25) is 9.88 Å². The van der Waals surface area contributed by atoms with E-state index in [-0.39, 0.29) is 0 Å². The summed E-state index contributed by atoms with van der Waals surface area (Å²) in [6, 6.07) is 17.6. The molecule has 0 spiro atoms. The zero-order valence-corrected chi connectivity index (χ0v) is 16.5. The number of aromatic amines is 1. The van der Waals surface area contributed by atoms with Gasteiger partial charge in [0, 0.05) is 30.6 Å². The van der Waals surface area contributed by atoms with Gasteiger partial charge in [-0.25, -0.2) is 4.79 Å². The predicted octanol–water partition coefficient (Wildman–Crippen LogP) is 3.11. The summed E-state index contributed by atoms with van der Waals surface area (Å²) in [4.78, 5) is 16.3. The molecule has 6 nitrogen and oxygen atoms in total. The van der Waals surface area contributed by atoms with E-state index >= 15 is 0 Å². The summed E-state index contributed by atoms with van der Waals surface area (Å²) < 4.78 is 10.9. The lowest BCUT2D eigenvalue weighted by Gasteiger charge is -2.32. The maximum Gasteiger partial charge on any atom is 0.417 e. The minimum absolute atomic E-state index is 0.435. The molecule has 1 saturated heterocycles. The van der Waals surface area contributed by atoms with Gasteiger partial charge in [0.25, 0.3) is 0 Å². The van der Waals surface area contributed by atoms with E-state index in [1.54, 1.807) is 6.07 Å². The minimum atomic E-state index is -0.435. The number of aromatic nitrogens is 1. The number of piperidine rings is 1. The molecule has 0 bridgehead atoms. The van der Waals surface area contributed by atoms with Gasteiger partial charge in [0.1, 0.15) is 12.4 Å². The predicted molar refractivity (Wildman–Crippen MR) is 113 cm³/mol. The fourth-order valence-corrected chi connectivity index (χ4v) is 4.38. The van der Waals surface area contributed by atoms with Crippen molar-refractivity contribution in [3.63, 3.8) is 0 Å². The Kier molecular flexibility index (Phi) is 5.12. The van der Waals surface area contributed by atoms with E-state index < -0.39 is 5.76 Å². The van der Waals surface area contributed by atoms with Crippen molar-refractivity contribution in [3.8, 4) is 5.75 Å². The highest BCUT2D eigenvalue weighted by molar-refractivity contribution is 5.73. The fourth-order valence-electron chi connectivity index (χ4n) is 4.38. The van der Waals surface area contributed by atoms with Crippen molar-refractivity contribution in [2.45, 2.75) is 37.3 Å². The summed E-state index contributed by atoms with van der Waals surface area (Å²) in [5, 5.41) is 3.87. The number of oxazole rings is 1. The zero-order chi connectivity index (χ0) is 19.6. The normalized spacial score (nSPS) is 22.8. The molecule has 6 heteroatoms. The number of hydrogen-bond donors (Lipinski definition) is 2. The summed E-state index contributed by atoms with van der Waals surface area (Å²) in [5.74, 6) is 0.997. The lowest BCUT2D eigenvalue weighted by Crippen LogP contribution is -2.44. The van der Waals surface area contributed by atoms with E-state index in [0.29, 0.717) is 35.7 Å². The molecule has 2 aromatic carbocycles. The van der Waals surface area contributed by atoms with Crippen LogP contribution in [0.25, 0.3) is 11.1 Å². The average molecular weight is 393 g/mol. The van der Waals surface area contributed by atoms with E-state index in [1.165, 1.54) is 24.8 Å². The van der Waals surface area contributed by atoms with Crippen LogP contribution < -0.4 is 15.8 Å². The molecule has 152 valence electrons. The first-order chi connectivity index (χ1) is 14.2. The van der Waals surface area contributed by atoms with Gasteiger partial charge in [-0.05, 0) is 50.0 Å². The van der Waals surface area contributed by atoms with Crippen LogP contribution in [0.1, 0.15) is 30.7 Å². The number of fused-ring (bicyclic) bond motifs is 1. The van der Waals surface area contributed by atoms with Crippen LogP contribution in [0.15, 0.2) is 57.7 Å². The van der Waals surface area contributed by atoms with Gasteiger partial charge >= 0.3 is 5.76 Å². The maximum absolute atomic E-state index is 11.2. The number of rotatable bonds is 7. The first kappa shape index (κ1) is 18.5. The molecular formula is C23H27N3O3. The molecule has 1 saturated carbocycles. The Bertz CT molecular complexity index is 1000. The summed E-state index contributed by atoms with van der Waals surface area (Å²) >= 11 is 0. The Morgan fingerprint density at radius 1 is 1.14 bits per heavy atom. The topological polar surface area (TPSA) is 70.5 Å². The Balaban J connectivity index is 1.03. The molecular weight excluding hydrogens is 366 g/mol. The Morgan fingerprint density at radius 3 is 2.79 bits per heavy atom. The highest BCUT2D eigenvalue weighted by atomic mass is 16.5. The molecule has 3 aromatic rings. The molecule has 0 radical (unpaired) electrons. The second-order valence-corrected chi connectivity index (χ2v) is 8.16. The molecule has 2 heterocycles. The zero-order valence-electron chi connectivity index (χ0n) is 16.5. The van der Waals surface area contributed by atoms with Gasteiger partial charge in [0.2, 0.25) is 0 Å². The lowest BCUT2D eigenvalue weighted by molar-refractivity contribution is 0.164. The number of benzene rings is 2. The van der Waals surface area contributed by atoms with Crippen LogP contribution in [-0.4, -0.2) is 48.2 Å². The third kappa shape index (κ3) is 4.38. The minimum Gasteiger partial charge on any atom is -0.492 e. The molecule has 1 aromatic heterocycles. The van der Waals surface area contributed by atoms with Gasteiger partial charge in [-0.1, -0.05) is 30.3 Å². The number of hydrogen-bond acceptors (Lipinski definition) is 5. The monoisotopic (exact) mass is 393 g/mol. The molecule has 5 rings (SSSR count). The van der Waals surface area contributed by atoms with E-state index in [1.807, 2.05) is 12.1 Å². The molecule has 1 aliphatic heterocycles. The smallest absolute Gasteiger partial charge is 0.417 e. The van der Waals surface area contributed by atoms with Crippen LogP contribution in [0.5, 0.6) is 5.75 Å². The second kappa shape index (κ2) is 8.05. The van der Waals surface area contributed by atoms with Crippen LogP contribution in [0, 0.1) is 0 Å². The van der Waals surface area contributed by atoms with Crippen molar-refractivity contribution >= 4 is 11.1 Å². The SMILES string of the molecule is O=c1[nH]c2ccc(OCCN3CCC(N[C@@H]4C[C@H]4c4ccccc4)CC3)cc2o1. The Morgan fingerprint density at radius 2 is 1.97 bits per heavy atom. The van der Waals surface area contributed by atoms with Gasteiger partial charge in [0.05, 0.1) is 5.52 Å². The average Bonchev–Trinajstić information content (AvgIpc) is 3.41. The molecule has 1 aliphatic carbocycles. The van der Waals surface area contributed by atoms with Crippen molar-refractivity contribution in [2.24, 2.45) is 0 Å². The molecule has 2 fully saturated rings. The summed E-state index contributed by atoms with van der Waals surface area (Å²) in [5.41, 5.74) is 2.70. The standard InChI is InChI=1S/C23H27N3O3/c27-23-25-20-7-6-18(14-22(20)29-23)28-13-12-26-10-8-17(9-11-26)24-21-15-19(21)16-4-2-1-3-5-16/h1-7,14,17,19,21,24H,8-13,15H2,(H,25,27)/t19-,21+/m0/s1. The van der Waals surface area contributed by atoms with E-state index in [9.17, 15) is 4.79 Å². The van der Waals surface area contributed by atoms with Crippen molar-refractivity contribution < 1.29 is 9.15 Å². The number of nitrogens with zero attached hydrogens (tertiary/aromatic N) is 1. The quantitative estimate of drug-likeness (QED) is 0.645. The van der Waals surface area contributed by atoms with Crippen LogP contribution in [0.3, 0.4) is 0 Å². The number of nitrogens with one attached hydrogen (secondary N) is 2. The fraction of sp³-hybridized carbons (Fsp3) is 0.435. The first-order valence-corrected chi connectivity index (χ1v) is 10.5. The summed E-state index contributed by atoms with van der Waals surface area (Å²) in [6.45, 7) is 3.76. The second-order valence-electron chi connectivity index (χ2n) is 8.16. The van der Waals surface area contributed by atoms with Gasteiger partial charge in [-0.15, -0.1) is 0 Å². The van der Waals surface area contributed by atoms with Crippen molar-refractivity contribution in [1.82, 2.24) is 15.2 Å². The summed E-state index contributed by atoms with van der Waals surface area (Å²) in [7, 11) is 0. The number of ether oxygens (including phenoxy) is 1. The van der Waals surface area contributed by atoms with Crippen molar-refractivity contribution in [2.75, 3.05) is 26.2 Å². The van der Waals surface area contributed by atoms with Gasteiger partial charge < -0.3 is 14.5 Å². The van der Waals surface area contributed by atoms with Crippen LogP contribution in [-0.2, 0) is 0 Å². The highest BCUT2D eigenvalue weighted by Crippen LogP contribution is 2.41. The third-order valence-electron chi connectivity index (χ3n) is 6.12. The van der Waals surface area contributed by atoms with E-state index in [2.05, 4.69) is 45.5 Å². The third-order valence-corrected chi connectivity index (χ3v) is 6.12. The van der Waals surface area contributed by atoms with Gasteiger partial charge in [0.15, 0.2) is 5.58 Å². The maximum atomic E-state index is 11.2. The molecule has 0 unspecified atom stereocenters. The first-order valence-electron chi connectivity index (χ1n) is 10.5. The molecule has 2 N–H and O–H groups in total.